The van der Waals surface area contributed by atoms with Gasteiger partial charge < -0.3 is 15.4 Å². The van der Waals surface area contributed by atoms with Gasteiger partial charge in [0, 0.05) is 27.3 Å². The first-order valence-corrected chi connectivity index (χ1v) is 12.2. The van der Waals surface area contributed by atoms with E-state index in [1.165, 1.54) is 30.3 Å². The highest BCUT2D eigenvalue weighted by molar-refractivity contribution is 6.53. The minimum atomic E-state index is -4.84. The standard InChI is InChI=1S/C24H14Cl5F3N2O3/c25-12-7-11(8-13(26)9-12)19-20(23(19,28)29)22(36)34-15-3-6-18(27)17(10-15)21(35)33-14-1-4-16(5-2-14)37-24(30,31)32/h1-10,19-20H,(H,33,35)(H,34,36)/t19-,20+/m0/s1. The molecule has 3 aromatic rings. The molecule has 2 atom stereocenters. The minimum Gasteiger partial charge on any atom is -0.406 e. The molecule has 2 N–H and O–H groups in total. The summed E-state index contributed by atoms with van der Waals surface area (Å²) in [6.45, 7) is 0. The first-order valence-electron chi connectivity index (χ1n) is 10.4. The minimum absolute atomic E-state index is 0.00654. The predicted octanol–water partition coefficient (Wildman–Crippen LogP) is 8.32. The Bertz CT molecular complexity index is 1350. The fraction of sp³-hybridized carbons (Fsp3) is 0.167. The fourth-order valence-electron chi connectivity index (χ4n) is 3.76. The van der Waals surface area contributed by atoms with Gasteiger partial charge in [-0.2, -0.15) is 0 Å². The summed E-state index contributed by atoms with van der Waals surface area (Å²) in [5.41, 5.74) is 1.05. The number of anilines is 2. The van der Waals surface area contributed by atoms with Gasteiger partial charge in [-0.1, -0.05) is 34.8 Å². The summed E-state index contributed by atoms with van der Waals surface area (Å²) in [4.78, 5) is 25.7. The van der Waals surface area contributed by atoms with Crippen molar-refractivity contribution in [3.8, 4) is 5.75 Å². The number of benzene rings is 3. The Labute approximate surface area is 233 Å². The fourth-order valence-corrected chi connectivity index (χ4v) is 5.33. The van der Waals surface area contributed by atoms with E-state index >= 15 is 0 Å². The Hall–Kier alpha value is -2.36. The zero-order valence-corrected chi connectivity index (χ0v) is 22.0. The summed E-state index contributed by atoms with van der Waals surface area (Å²) in [5, 5.41) is 6.00. The third kappa shape index (κ3) is 6.56. The van der Waals surface area contributed by atoms with Crippen LogP contribution in [0.25, 0.3) is 0 Å². The van der Waals surface area contributed by atoms with Crippen molar-refractivity contribution >= 4 is 81.2 Å². The molecule has 3 aromatic carbocycles. The van der Waals surface area contributed by atoms with E-state index in [1.807, 2.05) is 0 Å². The SMILES string of the molecule is O=C(Nc1ccc(OC(F)(F)F)cc1)c1cc(NC(=O)[C@H]2[C@H](c3cc(Cl)cc(Cl)c3)C2(Cl)Cl)ccc1Cl. The van der Waals surface area contributed by atoms with Gasteiger partial charge in [-0.05, 0) is 66.2 Å². The van der Waals surface area contributed by atoms with E-state index in [9.17, 15) is 22.8 Å². The largest absolute Gasteiger partial charge is 0.573 e. The molecular weight excluding hydrogens is 599 g/mol. The first kappa shape index (κ1) is 27.7. The number of nitrogens with one attached hydrogen (secondary N) is 2. The Morgan fingerprint density at radius 2 is 1.43 bits per heavy atom. The number of carbonyl (C=O) groups excluding carboxylic acids is 2. The van der Waals surface area contributed by atoms with Crippen molar-refractivity contribution in [1.82, 2.24) is 0 Å². The molecule has 2 amide bonds. The molecule has 1 aliphatic rings. The van der Waals surface area contributed by atoms with Gasteiger partial charge in [0.15, 0.2) is 0 Å². The van der Waals surface area contributed by atoms with Crippen molar-refractivity contribution in [2.75, 3.05) is 10.6 Å². The van der Waals surface area contributed by atoms with E-state index in [1.54, 1.807) is 18.2 Å². The molecule has 0 aliphatic heterocycles. The van der Waals surface area contributed by atoms with Crippen LogP contribution in [0.4, 0.5) is 24.5 Å². The van der Waals surface area contributed by atoms with E-state index in [0.29, 0.717) is 15.6 Å². The van der Waals surface area contributed by atoms with E-state index in [4.69, 9.17) is 58.0 Å². The summed E-state index contributed by atoms with van der Waals surface area (Å²) in [6, 6.07) is 13.6. The molecule has 13 heteroatoms. The van der Waals surface area contributed by atoms with Crippen molar-refractivity contribution < 1.29 is 27.5 Å². The van der Waals surface area contributed by atoms with Crippen LogP contribution in [0, 0.1) is 5.92 Å². The van der Waals surface area contributed by atoms with Crippen molar-refractivity contribution in [1.29, 1.82) is 0 Å². The molecule has 1 aliphatic carbocycles. The summed E-state index contributed by atoms with van der Waals surface area (Å²) in [7, 11) is 0. The number of ether oxygens (including phenoxy) is 1. The second-order valence-corrected chi connectivity index (χ2v) is 10.8. The van der Waals surface area contributed by atoms with Gasteiger partial charge in [-0.15, -0.1) is 36.4 Å². The number of halogens is 8. The van der Waals surface area contributed by atoms with Gasteiger partial charge in [-0.3, -0.25) is 9.59 Å². The van der Waals surface area contributed by atoms with Crippen LogP contribution >= 0.6 is 58.0 Å². The number of amides is 2. The summed E-state index contributed by atoms with van der Waals surface area (Å²) in [6.07, 6.45) is -4.84. The van der Waals surface area contributed by atoms with Crippen LogP contribution in [-0.2, 0) is 4.79 Å². The second-order valence-electron chi connectivity index (χ2n) is 8.04. The van der Waals surface area contributed by atoms with Crippen molar-refractivity contribution in [2.24, 2.45) is 5.92 Å². The molecule has 4 rings (SSSR count). The molecule has 1 fully saturated rings. The molecule has 1 saturated carbocycles. The lowest BCUT2D eigenvalue weighted by Crippen LogP contribution is -2.18. The lowest BCUT2D eigenvalue weighted by molar-refractivity contribution is -0.274. The molecule has 0 aromatic heterocycles. The van der Waals surface area contributed by atoms with Gasteiger partial charge in [0.05, 0.1) is 16.5 Å². The molecule has 0 spiro atoms. The van der Waals surface area contributed by atoms with Crippen LogP contribution in [0.3, 0.4) is 0 Å². The first-order chi connectivity index (χ1) is 17.2. The molecule has 0 heterocycles. The van der Waals surface area contributed by atoms with Crippen LogP contribution in [0.1, 0.15) is 21.8 Å². The Morgan fingerprint density at radius 3 is 2.03 bits per heavy atom. The highest BCUT2D eigenvalue weighted by Crippen LogP contribution is 2.65. The maximum absolute atomic E-state index is 13.0. The monoisotopic (exact) mass is 610 g/mol. The quantitative estimate of drug-likeness (QED) is 0.275. The summed E-state index contributed by atoms with van der Waals surface area (Å²) >= 11 is 31.0. The highest BCUT2D eigenvalue weighted by atomic mass is 35.5. The Balaban J connectivity index is 1.46. The molecular formula is C24H14Cl5F3N2O3. The Morgan fingerprint density at radius 1 is 0.838 bits per heavy atom. The zero-order valence-electron chi connectivity index (χ0n) is 18.2. The number of alkyl halides is 5. The third-order valence-electron chi connectivity index (χ3n) is 5.40. The molecule has 0 radical (unpaired) electrons. The zero-order chi connectivity index (χ0) is 27.1. The van der Waals surface area contributed by atoms with Crippen LogP contribution in [0.15, 0.2) is 60.7 Å². The maximum atomic E-state index is 13.0. The van der Waals surface area contributed by atoms with Crippen molar-refractivity contribution in [2.45, 2.75) is 16.6 Å². The molecule has 37 heavy (non-hydrogen) atoms. The molecule has 0 saturated heterocycles. The normalized spacial score (nSPS) is 18.2. The van der Waals surface area contributed by atoms with Gasteiger partial charge in [0.1, 0.15) is 10.1 Å². The molecule has 194 valence electrons. The number of carbonyl (C=O) groups is 2. The number of hydrogen-bond acceptors (Lipinski definition) is 3. The van der Waals surface area contributed by atoms with Crippen LogP contribution in [-0.4, -0.2) is 22.5 Å². The van der Waals surface area contributed by atoms with Crippen molar-refractivity contribution in [3.05, 3.63) is 86.9 Å². The maximum Gasteiger partial charge on any atom is 0.573 e. The second kappa shape index (κ2) is 10.4. The number of hydrogen-bond donors (Lipinski definition) is 2. The number of rotatable bonds is 6. The van der Waals surface area contributed by atoms with E-state index in [0.717, 1.165) is 12.1 Å². The average molecular weight is 613 g/mol. The summed E-state index contributed by atoms with van der Waals surface area (Å²) in [5.74, 6) is -2.99. The van der Waals surface area contributed by atoms with E-state index in [2.05, 4.69) is 15.4 Å². The van der Waals surface area contributed by atoms with E-state index < -0.39 is 40.1 Å². The van der Waals surface area contributed by atoms with Crippen LogP contribution < -0.4 is 15.4 Å². The van der Waals surface area contributed by atoms with Crippen LogP contribution in [0.5, 0.6) is 5.75 Å². The molecule has 0 bridgehead atoms. The predicted molar refractivity (Wildman–Crippen MR) is 138 cm³/mol. The topological polar surface area (TPSA) is 67.4 Å². The smallest absolute Gasteiger partial charge is 0.406 e. The lowest BCUT2D eigenvalue weighted by atomic mass is 10.1. The van der Waals surface area contributed by atoms with Gasteiger partial charge in [0.25, 0.3) is 5.91 Å². The average Bonchev–Trinajstić information content (AvgIpc) is 3.37. The van der Waals surface area contributed by atoms with Gasteiger partial charge in [0.2, 0.25) is 5.91 Å². The van der Waals surface area contributed by atoms with Crippen molar-refractivity contribution in [3.63, 3.8) is 0 Å². The Kier molecular flexibility index (Phi) is 7.79. The molecule has 5 nitrogen and oxygen atoms in total. The van der Waals surface area contributed by atoms with Crippen LogP contribution in [0.2, 0.25) is 15.1 Å². The molecule has 0 unspecified atom stereocenters. The van der Waals surface area contributed by atoms with Gasteiger partial charge in [-0.25, -0.2) is 0 Å². The highest BCUT2D eigenvalue weighted by Gasteiger charge is 2.67. The third-order valence-corrected chi connectivity index (χ3v) is 7.11. The van der Waals surface area contributed by atoms with Gasteiger partial charge >= 0.3 is 6.36 Å². The van der Waals surface area contributed by atoms with E-state index in [-0.39, 0.29) is 22.0 Å². The summed E-state index contributed by atoms with van der Waals surface area (Å²) < 4.78 is 39.4. The lowest BCUT2D eigenvalue weighted by Gasteiger charge is -2.12.